The number of aromatic nitrogens is 2. The highest BCUT2D eigenvalue weighted by atomic mass is 15.1. The molecule has 0 spiro atoms. The van der Waals surface area contributed by atoms with E-state index in [1.165, 1.54) is 36.2 Å². The summed E-state index contributed by atoms with van der Waals surface area (Å²) in [6.45, 7) is 3.32. The second kappa shape index (κ2) is 4.73. The number of nitrogens with one attached hydrogen (secondary N) is 1. The van der Waals surface area contributed by atoms with Crippen LogP contribution in [-0.2, 0) is 13.5 Å². The minimum Gasteiger partial charge on any atom is -0.331 e. The van der Waals surface area contributed by atoms with Gasteiger partial charge in [0.1, 0.15) is 5.82 Å². The monoisotopic (exact) mass is 243 g/mol. The van der Waals surface area contributed by atoms with Crippen LogP contribution in [0.5, 0.6) is 0 Å². The molecule has 0 amide bonds. The predicted molar refractivity (Wildman–Crippen MR) is 74.8 cm³/mol. The van der Waals surface area contributed by atoms with Gasteiger partial charge in [-0.05, 0) is 37.9 Å². The summed E-state index contributed by atoms with van der Waals surface area (Å²) in [5.41, 5.74) is 3.72. The van der Waals surface area contributed by atoms with Crippen molar-refractivity contribution in [2.24, 2.45) is 7.05 Å². The van der Waals surface area contributed by atoms with Crippen LogP contribution in [0.3, 0.4) is 0 Å². The summed E-state index contributed by atoms with van der Waals surface area (Å²) in [5.74, 6) is 1.21. The second-order valence-corrected chi connectivity index (χ2v) is 5.38. The Morgan fingerprint density at radius 1 is 1.39 bits per heavy atom. The molecule has 1 atom stereocenters. The first-order chi connectivity index (χ1) is 8.75. The first kappa shape index (κ1) is 11.7. The van der Waals surface area contributed by atoms with Crippen molar-refractivity contribution in [2.45, 2.75) is 38.6 Å². The number of nitrogens with zero attached hydrogens (tertiary/aromatic N) is 2. The Bertz CT molecular complexity index is 550. The Morgan fingerprint density at radius 2 is 2.28 bits per heavy atom. The van der Waals surface area contributed by atoms with E-state index >= 15 is 0 Å². The van der Waals surface area contributed by atoms with Gasteiger partial charge in [-0.25, -0.2) is 4.98 Å². The summed E-state index contributed by atoms with van der Waals surface area (Å²) >= 11 is 0. The van der Waals surface area contributed by atoms with Gasteiger partial charge in [0.2, 0.25) is 0 Å². The van der Waals surface area contributed by atoms with Crippen LogP contribution >= 0.6 is 0 Å². The van der Waals surface area contributed by atoms with Crippen LogP contribution in [-0.4, -0.2) is 22.1 Å². The lowest BCUT2D eigenvalue weighted by molar-refractivity contribution is 0.392. The number of fused-ring (bicyclic) bond motifs is 1. The van der Waals surface area contributed by atoms with Gasteiger partial charge in [-0.1, -0.05) is 18.6 Å². The maximum Gasteiger partial charge on any atom is 0.111 e. The van der Waals surface area contributed by atoms with Gasteiger partial charge in [0.25, 0.3) is 0 Å². The number of para-hydroxylation sites is 1. The molecule has 1 saturated heterocycles. The maximum absolute atomic E-state index is 4.79. The fourth-order valence-electron chi connectivity index (χ4n) is 3.01. The smallest absolute Gasteiger partial charge is 0.111 e. The van der Waals surface area contributed by atoms with E-state index in [1.54, 1.807) is 0 Å². The van der Waals surface area contributed by atoms with Crippen LogP contribution in [0.15, 0.2) is 18.2 Å². The molecule has 3 nitrogen and oxygen atoms in total. The highest BCUT2D eigenvalue weighted by Crippen LogP contribution is 2.20. The van der Waals surface area contributed by atoms with Gasteiger partial charge in [0, 0.05) is 19.5 Å². The molecule has 0 bridgehead atoms. The average molecular weight is 243 g/mol. The molecule has 1 fully saturated rings. The van der Waals surface area contributed by atoms with E-state index in [0.29, 0.717) is 6.04 Å². The molecule has 0 aliphatic carbocycles. The Labute approximate surface area is 108 Å². The van der Waals surface area contributed by atoms with Crippen LogP contribution in [0.4, 0.5) is 0 Å². The molecule has 1 unspecified atom stereocenters. The fraction of sp³-hybridized carbons (Fsp3) is 0.533. The summed E-state index contributed by atoms with van der Waals surface area (Å²) in [7, 11) is 2.14. The van der Waals surface area contributed by atoms with Crippen molar-refractivity contribution in [3.63, 3.8) is 0 Å². The van der Waals surface area contributed by atoms with Crippen molar-refractivity contribution in [1.29, 1.82) is 0 Å². The Balaban J connectivity index is 1.92. The second-order valence-electron chi connectivity index (χ2n) is 5.38. The lowest BCUT2D eigenvalue weighted by atomic mass is 10.0. The molecule has 3 heteroatoms. The molecule has 0 saturated carbocycles. The first-order valence-electron chi connectivity index (χ1n) is 6.90. The Morgan fingerprint density at radius 3 is 3.00 bits per heavy atom. The lowest BCUT2D eigenvalue weighted by Gasteiger charge is -2.23. The van der Waals surface area contributed by atoms with Crippen molar-refractivity contribution < 1.29 is 0 Å². The number of hydrogen-bond acceptors (Lipinski definition) is 2. The summed E-state index contributed by atoms with van der Waals surface area (Å²) in [4.78, 5) is 4.79. The van der Waals surface area contributed by atoms with Crippen molar-refractivity contribution in [1.82, 2.24) is 14.9 Å². The van der Waals surface area contributed by atoms with Gasteiger partial charge in [-0.15, -0.1) is 0 Å². The largest absolute Gasteiger partial charge is 0.331 e. The van der Waals surface area contributed by atoms with E-state index in [2.05, 4.69) is 42.1 Å². The third-order valence-electron chi connectivity index (χ3n) is 4.03. The molecule has 1 aliphatic heterocycles. The maximum atomic E-state index is 4.79. The minimum absolute atomic E-state index is 0.606. The third kappa shape index (κ3) is 2.03. The summed E-state index contributed by atoms with van der Waals surface area (Å²) in [5, 5.41) is 3.60. The molecule has 18 heavy (non-hydrogen) atoms. The van der Waals surface area contributed by atoms with Crippen LogP contribution < -0.4 is 5.32 Å². The number of hydrogen-bond donors (Lipinski definition) is 1. The summed E-state index contributed by atoms with van der Waals surface area (Å²) in [6.07, 6.45) is 4.99. The summed E-state index contributed by atoms with van der Waals surface area (Å²) < 4.78 is 2.26. The molecule has 1 N–H and O–H groups in total. The molecule has 96 valence electrons. The highest BCUT2D eigenvalue weighted by Gasteiger charge is 2.17. The highest BCUT2D eigenvalue weighted by molar-refractivity contribution is 5.79. The SMILES string of the molecule is Cc1cccc2nc(CC3CCCCN3)n(C)c12. The average Bonchev–Trinajstić information content (AvgIpc) is 2.69. The zero-order chi connectivity index (χ0) is 12.5. The zero-order valence-electron chi connectivity index (χ0n) is 11.2. The van der Waals surface area contributed by atoms with Gasteiger partial charge in [-0.3, -0.25) is 0 Å². The third-order valence-corrected chi connectivity index (χ3v) is 4.03. The van der Waals surface area contributed by atoms with E-state index in [0.717, 1.165) is 18.5 Å². The molecular weight excluding hydrogens is 222 g/mol. The van der Waals surface area contributed by atoms with Crippen LogP contribution in [0.2, 0.25) is 0 Å². The normalized spacial score (nSPS) is 20.4. The molecule has 3 rings (SSSR count). The van der Waals surface area contributed by atoms with Gasteiger partial charge in [0.05, 0.1) is 11.0 Å². The van der Waals surface area contributed by atoms with Crippen molar-refractivity contribution in [3.05, 3.63) is 29.6 Å². The van der Waals surface area contributed by atoms with E-state index in [9.17, 15) is 0 Å². The van der Waals surface area contributed by atoms with Gasteiger partial charge in [-0.2, -0.15) is 0 Å². The van der Waals surface area contributed by atoms with E-state index in [-0.39, 0.29) is 0 Å². The molecular formula is C15H21N3. The first-order valence-corrected chi connectivity index (χ1v) is 6.90. The number of imidazole rings is 1. The number of rotatable bonds is 2. The summed E-state index contributed by atoms with van der Waals surface area (Å²) in [6, 6.07) is 6.97. The molecule has 0 radical (unpaired) electrons. The Kier molecular flexibility index (Phi) is 3.08. The van der Waals surface area contributed by atoms with Gasteiger partial charge in [0.15, 0.2) is 0 Å². The zero-order valence-corrected chi connectivity index (χ0v) is 11.2. The fourth-order valence-corrected chi connectivity index (χ4v) is 3.01. The van der Waals surface area contributed by atoms with Gasteiger partial charge >= 0.3 is 0 Å². The number of benzene rings is 1. The van der Waals surface area contributed by atoms with Gasteiger partial charge < -0.3 is 9.88 Å². The van der Waals surface area contributed by atoms with E-state index in [1.807, 2.05) is 0 Å². The molecule has 2 aromatic rings. The number of aryl methyl sites for hydroxylation is 2. The number of piperidine rings is 1. The van der Waals surface area contributed by atoms with Crippen LogP contribution in [0.1, 0.15) is 30.7 Å². The molecule has 1 aromatic heterocycles. The van der Waals surface area contributed by atoms with Crippen molar-refractivity contribution in [3.8, 4) is 0 Å². The van der Waals surface area contributed by atoms with Crippen molar-refractivity contribution in [2.75, 3.05) is 6.54 Å². The quantitative estimate of drug-likeness (QED) is 0.878. The van der Waals surface area contributed by atoms with Crippen LogP contribution in [0, 0.1) is 6.92 Å². The minimum atomic E-state index is 0.606. The predicted octanol–water partition coefficient (Wildman–Crippen LogP) is 2.57. The molecule has 2 heterocycles. The van der Waals surface area contributed by atoms with E-state index in [4.69, 9.17) is 4.98 Å². The lowest BCUT2D eigenvalue weighted by Crippen LogP contribution is -2.36. The van der Waals surface area contributed by atoms with E-state index < -0.39 is 0 Å². The van der Waals surface area contributed by atoms with Crippen molar-refractivity contribution >= 4 is 11.0 Å². The molecule has 1 aliphatic rings. The standard InChI is InChI=1S/C15H21N3/c1-11-6-5-8-13-15(11)18(2)14(17-13)10-12-7-3-4-9-16-12/h5-6,8,12,16H,3-4,7,9-10H2,1-2H3. The van der Waals surface area contributed by atoms with Crippen LogP contribution in [0.25, 0.3) is 11.0 Å². The molecule has 1 aromatic carbocycles. The topological polar surface area (TPSA) is 29.9 Å². The Hall–Kier alpha value is -1.35.